The Bertz CT molecular complexity index is 1140. The number of benzene rings is 2. The summed E-state index contributed by atoms with van der Waals surface area (Å²) in [5, 5.41) is 20.0. The quantitative estimate of drug-likeness (QED) is 0.358. The number of methoxy groups -OCH3 is 1. The van der Waals surface area contributed by atoms with Crippen LogP contribution in [0.4, 0.5) is 0 Å². The van der Waals surface area contributed by atoms with E-state index in [9.17, 15) is 9.90 Å². The molecule has 2 aromatic carbocycles. The number of carbonyl (C=O) groups is 1. The summed E-state index contributed by atoms with van der Waals surface area (Å²) < 4.78 is 16.0. The molecule has 1 N–H and O–H groups in total. The predicted octanol–water partition coefficient (Wildman–Crippen LogP) is 4.28. The van der Waals surface area contributed by atoms with E-state index in [1.807, 2.05) is 20.8 Å². The number of aromatic hydroxyl groups is 1. The molecule has 3 rings (SSSR count). The van der Waals surface area contributed by atoms with Crippen molar-refractivity contribution in [2.45, 2.75) is 40.0 Å². The van der Waals surface area contributed by atoms with Gasteiger partial charge in [-0.3, -0.25) is 0 Å². The summed E-state index contributed by atoms with van der Waals surface area (Å²) in [5.74, 6) is 0.695. The van der Waals surface area contributed by atoms with Crippen LogP contribution in [0.1, 0.15) is 40.2 Å². The van der Waals surface area contributed by atoms with Gasteiger partial charge >= 0.3 is 5.97 Å². The number of hydrogen-bond donors (Lipinski definition) is 1. The second kappa shape index (κ2) is 8.67. The fraction of sp³-hybridized carbons (Fsp3) is 0.348. The second-order valence-electron chi connectivity index (χ2n) is 8.07. The average molecular weight is 425 g/mol. The van der Waals surface area contributed by atoms with Crippen molar-refractivity contribution in [1.29, 1.82) is 0 Å². The van der Waals surface area contributed by atoms with Crippen LogP contribution in [0.5, 0.6) is 17.2 Å². The van der Waals surface area contributed by atoms with Crippen molar-refractivity contribution in [3.8, 4) is 22.9 Å². The third-order valence-electron chi connectivity index (χ3n) is 4.64. The Hall–Kier alpha value is -3.55. The summed E-state index contributed by atoms with van der Waals surface area (Å²) >= 11 is 0. The van der Waals surface area contributed by atoms with Crippen LogP contribution < -0.4 is 9.47 Å². The molecule has 1 aromatic heterocycles. The van der Waals surface area contributed by atoms with Gasteiger partial charge in [-0.05, 0) is 37.5 Å². The lowest BCUT2D eigenvalue weighted by Gasteiger charge is -2.22. The Morgan fingerprint density at radius 1 is 1.13 bits per heavy atom. The van der Waals surface area contributed by atoms with Gasteiger partial charge in [0.2, 0.25) is 0 Å². The van der Waals surface area contributed by atoms with Gasteiger partial charge in [-0.25, -0.2) is 4.79 Å². The van der Waals surface area contributed by atoms with E-state index < -0.39 is 5.97 Å². The van der Waals surface area contributed by atoms with Gasteiger partial charge in [0.25, 0.3) is 0 Å². The predicted molar refractivity (Wildman–Crippen MR) is 117 cm³/mol. The molecular weight excluding hydrogens is 398 g/mol. The first-order valence-corrected chi connectivity index (χ1v) is 9.93. The Balaban J connectivity index is 2.08. The maximum Gasteiger partial charge on any atom is 0.336 e. The molecule has 0 radical (unpaired) electrons. The van der Waals surface area contributed by atoms with Crippen LogP contribution in [0.2, 0.25) is 0 Å². The fourth-order valence-electron chi connectivity index (χ4n) is 2.96. The lowest BCUT2D eigenvalue weighted by Crippen LogP contribution is -2.13. The van der Waals surface area contributed by atoms with Crippen LogP contribution in [0.3, 0.4) is 0 Å². The molecule has 8 nitrogen and oxygen atoms in total. The van der Waals surface area contributed by atoms with Crippen molar-refractivity contribution in [3.63, 3.8) is 0 Å². The average Bonchev–Trinajstić information content (AvgIpc) is 3.14. The highest BCUT2D eigenvalue weighted by molar-refractivity contribution is 5.87. The number of phenols is 1. The molecule has 31 heavy (non-hydrogen) atoms. The lowest BCUT2D eigenvalue weighted by atomic mass is 9.86. The van der Waals surface area contributed by atoms with Crippen LogP contribution in [0.25, 0.3) is 16.7 Å². The maximum atomic E-state index is 11.8. The minimum absolute atomic E-state index is 0.0539. The van der Waals surface area contributed by atoms with Crippen LogP contribution in [0.15, 0.2) is 42.2 Å². The number of fused-ring (bicyclic) bond motifs is 1. The number of aromatic nitrogens is 3. The first-order chi connectivity index (χ1) is 14.6. The zero-order chi connectivity index (χ0) is 22.8. The van der Waals surface area contributed by atoms with Gasteiger partial charge in [-0.15, -0.1) is 15.0 Å². The van der Waals surface area contributed by atoms with Gasteiger partial charge in [0.05, 0.1) is 19.3 Å². The number of rotatable bonds is 6. The molecule has 0 aliphatic heterocycles. The van der Waals surface area contributed by atoms with Crippen molar-refractivity contribution in [3.05, 3.63) is 47.7 Å². The molecule has 0 saturated carbocycles. The van der Waals surface area contributed by atoms with Gasteiger partial charge in [0.15, 0.2) is 0 Å². The van der Waals surface area contributed by atoms with Gasteiger partial charge in [0.1, 0.15) is 40.2 Å². The first-order valence-electron chi connectivity index (χ1n) is 9.93. The summed E-state index contributed by atoms with van der Waals surface area (Å²) in [7, 11) is 1.58. The van der Waals surface area contributed by atoms with Crippen molar-refractivity contribution in [1.82, 2.24) is 15.0 Å². The number of carbonyl (C=O) groups excluding carboxylic acids is 1. The molecule has 0 atom stereocenters. The molecule has 0 amide bonds. The third-order valence-corrected chi connectivity index (χ3v) is 4.64. The van der Waals surface area contributed by atoms with Crippen LogP contribution >= 0.6 is 0 Å². The van der Waals surface area contributed by atoms with E-state index in [2.05, 4.69) is 10.2 Å². The fourth-order valence-corrected chi connectivity index (χ4v) is 2.96. The van der Waals surface area contributed by atoms with E-state index in [1.165, 1.54) is 11.1 Å². The van der Waals surface area contributed by atoms with E-state index >= 15 is 0 Å². The second-order valence-corrected chi connectivity index (χ2v) is 8.07. The van der Waals surface area contributed by atoms with E-state index in [0.29, 0.717) is 39.4 Å². The normalized spacial score (nSPS) is 12.1. The number of nitrogens with zero attached hydrogens (tertiary/aromatic N) is 3. The number of hydrogen-bond acceptors (Lipinski definition) is 7. The molecule has 0 aliphatic carbocycles. The van der Waals surface area contributed by atoms with Crippen molar-refractivity contribution in [2.24, 2.45) is 0 Å². The van der Waals surface area contributed by atoms with E-state index in [-0.39, 0.29) is 17.8 Å². The molecule has 164 valence electrons. The van der Waals surface area contributed by atoms with Gasteiger partial charge < -0.3 is 19.3 Å². The monoisotopic (exact) mass is 425 g/mol. The smallest absolute Gasteiger partial charge is 0.336 e. The van der Waals surface area contributed by atoms with Crippen molar-refractivity contribution >= 4 is 17.0 Å². The first kappa shape index (κ1) is 22.1. The lowest BCUT2D eigenvalue weighted by molar-refractivity contribution is -0.138. The molecular formula is C23H27N3O5. The highest BCUT2D eigenvalue weighted by Crippen LogP contribution is 2.38. The molecule has 0 unspecified atom stereocenters. The standard InChI is InChI=1S/C23H27N3O5/c1-7-30-22(28)14(2)13-31-16-10-17(23(3,4)5)21(27)20(12-16)26-24-18-9-8-15(29-6)11-19(18)25-26/h8-13,27H,7H2,1-6H3. The summed E-state index contributed by atoms with van der Waals surface area (Å²) in [6.07, 6.45) is 1.33. The van der Waals surface area contributed by atoms with E-state index in [4.69, 9.17) is 14.2 Å². The van der Waals surface area contributed by atoms with Crippen molar-refractivity contribution in [2.75, 3.05) is 13.7 Å². The summed E-state index contributed by atoms with van der Waals surface area (Å²) in [6, 6.07) is 8.72. The number of phenolic OH excluding ortho intramolecular Hbond substituents is 1. The topological polar surface area (TPSA) is 95.7 Å². The zero-order valence-corrected chi connectivity index (χ0v) is 18.6. The molecule has 0 bridgehead atoms. The van der Waals surface area contributed by atoms with Crippen LogP contribution in [-0.2, 0) is 14.9 Å². The Kier molecular flexibility index (Phi) is 6.19. The summed E-state index contributed by atoms with van der Waals surface area (Å²) in [4.78, 5) is 13.2. The van der Waals surface area contributed by atoms with Crippen molar-refractivity contribution < 1.29 is 24.1 Å². The van der Waals surface area contributed by atoms with Gasteiger partial charge in [-0.1, -0.05) is 20.8 Å². The summed E-state index contributed by atoms with van der Waals surface area (Å²) in [6.45, 7) is 9.57. The Morgan fingerprint density at radius 3 is 2.48 bits per heavy atom. The van der Waals surface area contributed by atoms with E-state index in [0.717, 1.165) is 0 Å². The Labute approximate surface area is 181 Å². The molecule has 0 fully saturated rings. The molecule has 0 spiro atoms. The highest BCUT2D eigenvalue weighted by Gasteiger charge is 2.24. The minimum atomic E-state index is -0.452. The maximum absolute atomic E-state index is 11.8. The van der Waals surface area contributed by atoms with Crippen LogP contribution in [0, 0.1) is 0 Å². The zero-order valence-electron chi connectivity index (χ0n) is 18.6. The Morgan fingerprint density at radius 2 is 1.84 bits per heavy atom. The molecule has 0 saturated heterocycles. The number of ether oxygens (including phenoxy) is 3. The summed E-state index contributed by atoms with van der Waals surface area (Å²) in [5.41, 5.74) is 2.24. The third kappa shape index (κ3) is 4.79. The van der Waals surface area contributed by atoms with Gasteiger partial charge in [0, 0.05) is 17.7 Å². The van der Waals surface area contributed by atoms with Gasteiger partial charge in [-0.2, -0.15) is 0 Å². The molecule has 8 heteroatoms. The van der Waals surface area contributed by atoms with E-state index in [1.54, 1.807) is 51.3 Å². The minimum Gasteiger partial charge on any atom is -0.505 e. The molecule has 1 heterocycles. The molecule has 0 aliphatic rings. The molecule has 3 aromatic rings. The van der Waals surface area contributed by atoms with Crippen LogP contribution in [-0.4, -0.2) is 39.8 Å². The highest BCUT2D eigenvalue weighted by atomic mass is 16.5. The number of esters is 1. The largest absolute Gasteiger partial charge is 0.505 e. The SMILES string of the molecule is CCOC(=O)C(C)=COc1cc(-n2nc3ccc(OC)cc3n2)c(O)c(C(C)(C)C)c1.